The lowest BCUT2D eigenvalue weighted by atomic mass is 10.3. The first-order valence-corrected chi connectivity index (χ1v) is 4.02. The highest BCUT2D eigenvalue weighted by Crippen LogP contribution is 2.13. The Bertz CT molecular complexity index is 347. The van der Waals surface area contributed by atoms with Crippen molar-refractivity contribution in [1.82, 2.24) is 15.0 Å². The molecular formula is C7H10N6. The molecule has 0 bridgehead atoms. The summed E-state index contributed by atoms with van der Waals surface area (Å²) in [5.74, 6) is 0.745. The fourth-order valence-corrected chi connectivity index (χ4v) is 1.14. The van der Waals surface area contributed by atoms with Crippen LogP contribution in [0.2, 0.25) is 0 Å². The Morgan fingerprint density at radius 1 is 1.46 bits per heavy atom. The third-order valence-electron chi connectivity index (χ3n) is 1.79. The van der Waals surface area contributed by atoms with Crippen LogP contribution in [0, 0.1) is 0 Å². The number of hydrogen-bond acceptors (Lipinski definition) is 6. The predicted molar refractivity (Wildman–Crippen MR) is 49.3 cm³/mol. The van der Waals surface area contributed by atoms with E-state index in [1.165, 1.54) is 6.33 Å². The van der Waals surface area contributed by atoms with E-state index in [1.807, 2.05) is 6.92 Å². The van der Waals surface area contributed by atoms with Crippen LogP contribution in [0.1, 0.15) is 13.3 Å². The highest BCUT2D eigenvalue weighted by Gasteiger charge is 2.15. The molecule has 0 atom stereocenters. The van der Waals surface area contributed by atoms with Crippen molar-refractivity contribution in [3.8, 4) is 0 Å². The van der Waals surface area contributed by atoms with Crippen LogP contribution >= 0.6 is 0 Å². The lowest BCUT2D eigenvalue weighted by Crippen LogP contribution is -2.16. The molecule has 0 spiro atoms. The van der Waals surface area contributed by atoms with Crippen molar-refractivity contribution in [3.63, 3.8) is 0 Å². The zero-order chi connectivity index (χ0) is 9.26. The summed E-state index contributed by atoms with van der Waals surface area (Å²) >= 11 is 0. The number of hydrazone groups is 1. The molecule has 1 aliphatic rings. The first-order valence-electron chi connectivity index (χ1n) is 4.02. The molecule has 0 aliphatic carbocycles. The van der Waals surface area contributed by atoms with Crippen molar-refractivity contribution in [2.24, 2.45) is 5.10 Å². The van der Waals surface area contributed by atoms with Gasteiger partial charge in [0, 0.05) is 12.1 Å². The van der Waals surface area contributed by atoms with Gasteiger partial charge in [-0.05, 0) is 6.92 Å². The van der Waals surface area contributed by atoms with E-state index >= 15 is 0 Å². The minimum atomic E-state index is 0.227. The third-order valence-corrected chi connectivity index (χ3v) is 1.79. The molecule has 68 valence electrons. The number of hydrogen-bond donors (Lipinski definition) is 1. The number of nitrogens with two attached hydrogens (primary N) is 1. The summed E-state index contributed by atoms with van der Waals surface area (Å²) < 4.78 is 0. The molecule has 2 rings (SSSR count). The number of nitrogens with zero attached hydrogens (tertiary/aromatic N) is 5. The van der Waals surface area contributed by atoms with Crippen molar-refractivity contribution in [1.29, 1.82) is 0 Å². The first kappa shape index (κ1) is 7.90. The Morgan fingerprint density at radius 2 is 2.31 bits per heavy atom. The summed E-state index contributed by atoms with van der Waals surface area (Å²) in [4.78, 5) is 11.6. The van der Waals surface area contributed by atoms with Gasteiger partial charge in [-0.15, -0.1) is 0 Å². The van der Waals surface area contributed by atoms with Gasteiger partial charge in [0.25, 0.3) is 5.95 Å². The minimum absolute atomic E-state index is 0.227. The summed E-state index contributed by atoms with van der Waals surface area (Å²) in [5, 5.41) is 5.97. The zero-order valence-corrected chi connectivity index (χ0v) is 7.30. The number of anilines is 2. The predicted octanol–water partition coefficient (Wildman–Crippen LogP) is 0.0398. The van der Waals surface area contributed by atoms with Gasteiger partial charge in [-0.2, -0.15) is 15.1 Å². The molecule has 0 unspecified atom stereocenters. The zero-order valence-electron chi connectivity index (χ0n) is 7.30. The van der Waals surface area contributed by atoms with Crippen molar-refractivity contribution >= 4 is 17.6 Å². The Hall–Kier alpha value is -1.72. The van der Waals surface area contributed by atoms with Gasteiger partial charge in [-0.25, -0.2) is 9.99 Å². The molecule has 0 aromatic carbocycles. The molecule has 1 aromatic rings. The van der Waals surface area contributed by atoms with Crippen molar-refractivity contribution in [3.05, 3.63) is 6.33 Å². The highest BCUT2D eigenvalue weighted by molar-refractivity contribution is 5.85. The summed E-state index contributed by atoms with van der Waals surface area (Å²) in [5.41, 5.74) is 6.51. The third kappa shape index (κ3) is 1.56. The van der Waals surface area contributed by atoms with Crippen LogP contribution in [-0.2, 0) is 0 Å². The lowest BCUT2D eigenvalue weighted by Gasteiger charge is -2.09. The van der Waals surface area contributed by atoms with E-state index in [0.29, 0.717) is 5.95 Å². The number of nitrogen functional groups attached to an aromatic ring is 1. The maximum atomic E-state index is 5.42. The summed E-state index contributed by atoms with van der Waals surface area (Å²) in [7, 11) is 0. The van der Waals surface area contributed by atoms with Gasteiger partial charge in [-0.1, -0.05) is 0 Å². The normalized spacial score (nSPS) is 16.1. The molecule has 0 saturated heterocycles. The maximum absolute atomic E-state index is 5.42. The fourth-order valence-electron chi connectivity index (χ4n) is 1.14. The lowest BCUT2D eigenvalue weighted by molar-refractivity contribution is 0.854. The molecule has 13 heavy (non-hydrogen) atoms. The summed E-state index contributed by atoms with van der Waals surface area (Å²) in [6.07, 6.45) is 2.34. The molecule has 6 nitrogen and oxygen atoms in total. The summed E-state index contributed by atoms with van der Waals surface area (Å²) in [6, 6.07) is 0. The topological polar surface area (TPSA) is 80.3 Å². The molecule has 6 heteroatoms. The molecule has 0 saturated carbocycles. The highest BCUT2D eigenvalue weighted by atomic mass is 15.5. The van der Waals surface area contributed by atoms with Crippen molar-refractivity contribution in [2.75, 3.05) is 17.3 Å². The Kier molecular flexibility index (Phi) is 1.80. The van der Waals surface area contributed by atoms with Crippen LogP contribution in [0.15, 0.2) is 11.4 Å². The van der Waals surface area contributed by atoms with Crippen LogP contribution in [0.3, 0.4) is 0 Å². The van der Waals surface area contributed by atoms with Gasteiger partial charge in [0.15, 0.2) is 0 Å². The standard InChI is InChI=1S/C7H10N6/c1-5-2-3-13(12-5)7-10-4-9-6(8)11-7/h4H,2-3H2,1H3,(H2,8,9,10,11). The molecule has 1 aromatic heterocycles. The van der Waals surface area contributed by atoms with E-state index in [9.17, 15) is 0 Å². The van der Waals surface area contributed by atoms with Gasteiger partial charge in [0.05, 0.1) is 6.54 Å². The monoisotopic (exact) mass is 178 g/mol. The maximum Gasteiger partial charge on any atom is 0.250 e. The molecule has 2 N–H and O–H groups in total. The molecule has 2 heterocycles. The SMILES string of the molecule is CC1=NN(c2ncnc(N)n2)CC1. The Balaban J connectivity index is 2.26. The van der Waals surface area contributed by atoms with Crippen LogP contribution in [0.25, 0.3) is 0 Å². The van der Waals surface area contributed by atoms with Gasteiger partial charge >= 0.3 is 0 Å². The average molecular weight is 178 g/mol. The molecule has 0 radical (unpaired) electrons. The first-order chi connectivity index (χ1) is 6.25. The van der Waals surface area contributed by atoms with Gasteiger partial charge < -0.3 is 5.73 Å². The Labute approximate surface area is 75.5 Å². The van der Waals surface area contributed by atoms with E-state index < -0.39 is 0 Å². The molecular weight excluding hydrogens is 168 g/mol. The minimum Gasteiger partial charge on any atom is -0.368 e. The van der Waals surface area contributed by atoms with Crippen LogP contribution in [-0.4, -0.2) is 27.2 Å². The smallest absolute Gasteiger partial charge is 0.250 e. The van der Waals surface area contributed by atoms with Crippen LogP contribution in [0.4, 0.5) is 11.9 Å². The molecule has 0 fully saturated rings. The largest absolute Gasteiger partial charge is 0.368 e. The second-order valence-corrected chi connectivity index (χ2v) is 2.85. The van der Waals surface area contributed by atoms with Crippen molar-refractivity contribution in [2.45, 2.75) is 13.3 Å². The van der Waals surface area contributed by atoms with Gasteiger partial charge in [0.1, 0.15) is 6.33 Å². The second kappa shape index (κ2) is 2.96. The molecule has 1 aliphatic heterocycles. The van der Waals surface area contributed by atoms with E-state index in [1.54, 1.807) is 5.01 Å². The van der Waals surface area contributed by atoms with Gasteiger partial charge in [0.2, 0.25) is 5.95 Å². The summed E-state index contributed by atoms with van der Waals surface area (Å²) in [6.45, 7) is 2.79. The van der Waals surface area contributed by atoms with Crippen molar-refractivity contribution < 1.29 is 0 Å². The van der Waals surface area contributed by atoms with E-state index in [-0.39, 0.29) is 5.95 Å². The average Bonchev–Trinajstić information content (AvgIpc) is 2.52. The Morgan fingerprint density at radius 3 is 2.92 bits per heavy atom. The van der Waals surface area contributed by atoms with Crippen LogP contribution < -0.4 is 10.7 Å². The quantitative estimate of drug-likeness (QED) is 0.656. The number of rotatable bonds is 1. The number of aromatic nitrogens is 3. The van der Waals surface area contributed by atoms with E-state index in [0.717, 1.165) is 18.7 Å². The van der Waals surface area contributed by atoms with Crippen LogP contribution in [0.5, 0.6) is 0 Å². The van der Waals surface area contributed by atoms with E-state index in [4.69, 9.17) is 5.73 Å². The van der Waals surface area contributed by atoms with E-state index in [2.05, 4.69) is 20.1 Å². The molecule has 0 amide bonds. The second-order valence-electron chi connectivity index (χ2n) is 2.85. The van der Waals surface area contributed by atoms with Gasteiger partial charge in [-0.3, -0.25) is 0 Å². The fraction of sp³-hybridized carbons (Fsp3) is 0.429.